The molecule has 140 valence electrons. The molecule has 1 heterocycles. The van der Waals surface area contributed by atoms with Crippen LogP contribution in [0, 0.1) is 5.82 Å². The predicted molar refractivity (Wildman–Crippen MR) is 96.7 cm³/mol. The molecular weight excluding hydrogens is 355 g/mol. The van der Waals surface area contributed by atoms with Crippen molar-refractivity contribution in [2.45, 2.75) is 6.54 Å². The van der Waals surface area contributed by atoms with Gasteiger partial charge in [0.15, 0.2) is 0 Å². The monoisotopic (exact) mass is 372 g/mol. The van der Waals surface area contributed by atoms with Gasteiger partial charge in [-0.15, -0.1) is 0 Å². The van der Waals surface area contributed by atoms with Crippen LogP contribution in [0.25, 0.3) is 10.9 Å². The van der Waals surface area contributed by atoms with Gasteiger partial charge in [-0.05, 0) is 42.5 Å². The molecule has 0 N–H and O–H groups in total. The minimum atomic E-state index is -0.573. The van der Waals surface area contributed by atoms with Gasteiger partial charge in [-0.25, -0.2) is 14.0 Å². The standard InChI is InChI=1S/C19H17FN2O5/c1-21-16-8-3-12(18(24)26-2)11-15(16)17(23)22(19(21)25)9-10-27-14-6-4-13(20)5-7-14/h3-8,11H,9-10H2,1-2H3. The zero-order valence-corrected chi connectivity index (χ0v) is 14.8. The van der Waals surface area contributed by atoms with Crippen LogP contribution >= 0.6 is 0 Å². The topological polar surface area (TPSA) is 79.5 Å². The van der Waals surface area contributed by atoms with Crippen LogP contribution in [0.15, 0.2) is 52.1 Å². The second kappa shape index (κ2) is 7.45. The fourth-order valence-corrected chi connectivity index (χ4v) is 2.74. The van der Waals surface area contributed by atoms with Gasteiger partial charge in [0.1, 0.15) is 18.2 Å². The van der Waals surface area contributed by atoms with Crippen LogP contribution in [0.4, 0.5) is 4.39 Å². The van der Waals surface area contributed by atoms with Crippen molar-refractivity contribution in [1.29, 1.82) is 0 Å². The van der Waals surface area contributed by atoms with E-state index in [4.69, 9.17) is 4.74 Å². The number of aryl methyl sites for hydroxylation is 1. The summed E-state index contributed by atoms with van der Waals surface area (Å²) >= 11 is 0. The highest BCUT2D eigenvalue weighted by Gasteiger charge is 2.14. The van der Waals surface area contributed by atoms with Gasteiger partial charge in [0.2, 0.25) is 0 Å². The smallest absolute Gasteiger partial charge is 0.337 e. The van der Waals surface area contributed by atoms with E-state index in [-0.39, 0.29) is 29.9 Å². The minimum Gasteiger partial charge on any atom is -0.492 e. The molecule has 0 bridgehead atoms. The molecule has 8 heteroatoms. The zero-order chi connectivity index (χ0) is 19.6. The van der Waals surface area contributed by atoms with Crippen molar-refractivity contribution < 1.29 is 18.7 Å². The van der Waals surface area contributed by atoms with Crippen LogP contribution in [0.5, 0.6) is 5.75 Å². The largest absolute Gasteiger partial charge is 0.492 e. The van der Waals surface area contributed by atoms with Gasteiger partial charge in [0.05, 0.1) is 30.1 Å². The second-order valence-electron chi connectivity index (χ2n) is 5.82. The summed E-state index contributed by atoms with van der Waals surface area (Å²) in [6, 6.07) is 9.85. The number of carbonyl (C=O) groups excluding carboxylic acids is 1. The third-order valence-corrected chi connectivity index (χ3v) is 4.17. The van der Waals surface area contributed by atoms with Crippen molar-refractivity contribution in [3.63, 3.8) is 0 Å². The van der Waals surface area contributed by atoms with Crippen LogP contribution in [0.1, 0.15) is 10.4 Å². The van der Waals surface area contributed by atoms with Gasteiger partial charge in [-0.2, -0.15) is 0 Å². The second-order valence-corrected chi connectivity index (χ2v) is 5.82. The van der Waals surface area contributed by atoms with Crippen molar-refractivity contribution in [2.75, 3.05) is 13.7 Å². The molecule has 0 amide bonds. The van der Waals surface area contributed by atoms with Crippen molar-refractivity contribution in [3.8, 4) is 5.75 Å². The first-order chi connectivity index (χ1) is 12.9. The maximum absolute atomic E-state index is 12.9. The Labute approximate surface area is 153 Å². The SMILES string of the molecule is COC(=O)c1ccc2c(c1)c(=O)n(CCOc1ccc(F)cc1)c(=O)n2C. The Hall–Kier alpha value is -3.42. The number of aromatic nitrogens is 2. The van der Waals surface area contributed by atoms with Crippen LogP contribution in [0.2, 0.25) is 0 Å². The number of rotatable bonds is 5. The number of nitrogens with zero attached hydrogens (tertiary/aromatic N) is 2. The lowest BCUT2D eigenvalue weighted by molar-refractivity contribution is 0.0601. The molecule has 0 atom stereocenters. The van der Waals surface area contributed by atoms with Crippen LogP contribution in [-0.2, 0) is 18.3 Å². The number of halogens is 1. The summed E-state index contributed by atoms with van der Waals surface area (Å²) in [5.41, 5.74) is -0.397. The lowest BCUT2D eigenvalue weighted by atomic mass is 10.1. The fourth-order valence-electron chi connectivity index (χ4n) is 2.74. The Bertz CT molecular complexity index is 1120. The molecule has 2 aromatic carbocycles. The Kier molecular flexibility index (Phi) is 5.07. The van der Waals surface area contributed by atoms with Crippen molar-refractivity contribution in [1.82, 2.24) is 9.13 Å². The molecule has 27 heavy (non-hydrogen) atoms. The summed E-state index contributed by atoms with van der Waals surface area (Å²) in [6.45, 7) is 0.0459. The molecule has 0 saturated heterocycles. The van der Waals surface area contributed by atoms with Crippen LogP contribution in [-0.4, -0.2) is 28.8 Å². The molecule has 0 aliphatic carbocycles. The van der Waals surface area contributed by atoms with Gasteiger partial charge in [0.25, 0.3) is 5.56 Å². The van der Waals surface area contributed by atoms with E-state index >= 15 is 0 Å². The summed E-state index contributed by atoms with van der Waals surface area (Å²) in [4.78, 5) is 37.0. The first kappa shape index (κ1) is 18.4. The van der Waals surface area contributed by atoms with Gasteiger partial charge < -0.3 is 9.47 Å². The van der Waals surface area contributed by atoms with E-state index < -0.39 is 17.2 Å². The van der Waals surface area contributed by atoms with E-state index in [1.807, 2.05) is 0 Å². The molecule has 7 nitrogen and oxygen atoms in total. The highest BCUT2D eigenvalue weighted by Crippen LogP contribution is 2.13. The van der Waals surface area contributed by atoms with Gasteiger partial charge in [0, 0.05) is 7.05 Å². The van der Waals surface area contributed by atoms with Crippen LogP contribution in [0.3, 0.4) is 0 Å². The molecule has 3 aromatic rings. The van der Waals surface area contributed by atoms with Crippen molar-refractivity contribution in [3.05, 3.63) is 74.7 Å². The number of hydrogen-bond donors (Lipinski definition) is 0. The molecule has 0 radical (unpaired) electrons. The number of ether oxygens (including phenoxy) is 2. The molecule has 0 aliphatic rings. The number of fused-ring (bicyclic) bond motifs is 1. The van der Waals surface area contributed by atoms with Crippen LogP contribution < -0.4 is 16.0 Å². The van der Waals surface area contributed by atoms with E-state index in [2.05, 4.69) is 4.74 Å². The van der Waals surface area contributed by atoms with E-state index in [1.165, 1.54) is 54.1 Å². The summed E-state index contributed by atoms with van der Waals surface area (Å²) in [5, 5.41) is 0.224. The fraction of sp³-hybridized carbons (Fsp3) is 0.211. The van der Waals surface area contributed by atoms with Gasteiger partial charge >= 0.3 is 11.7 Å². The number of hydrogen-bond acceptors (Lipinski definition) is 5. The highest BCUT2D eigenvalue weighted by molar-refractivity contribution is 5.94. The molecule has 0 spiro atoms. The third kappa shape index (κ3) is 3.59. The summed E-state index contributed by atoms with van der Waals surface area (Å²) < 4.78 is 25.4. The summed E-state index contributed by atoms with van der Waals surface area (Å²) in [6.07, 6.45) is 0. The Morgan fingerprint density at radius 2 is 1.81 bits per heavy atom. The molecule has 3 rings (SSSR count). The first-order valence-corrected chi connectivity index (χ1v) is 8.12. The van der Waals surface area contributed by atoms with Crippen molar-refractivity contribution in [2.24, 2.45) is 7.05 Å². The molecule has 0 fully saturated rings. The Morgan fingerprint density at radius 1 is 1.11 bits per heavy atom. The van der Waals surface area contributed by atoms with E-state index in [9.17, 15) is 18.8 Å². The Balaban J connectivity index is 1.94. The zero-order valence-electron chi connectivity index (χ0n) is 14.8. The lowest BCUT2D eigenvalue weighted by Crippen LogP contribution is -2.40. The molecular formula is C19H17FN2O5. The first-order valence-electron chi connectivity index (χ1n) is 8.12. The van der Waals surface area contributed by atoms with Gasteiger partial charge in [-0.3, -0.25) is 13.9 Å². The highest BCUT2D eigenvalue weighted by atomic mass is 19.1. The van der Waals surface area contributed by atoms with E-state index in [0.29, 0.717) is 11.3 Å². The summed E-state index contributed by atoms with van der Waals surface area (Å²) in [7, 11) is 2.79. The normalized spacial score (nSPS) is 10.8. The molecule has 0 saturated carbocycles. The minimum absolute atomic E-state index is 0.00126. The number of benzene rings is 2. The number of methoxy groups -OCH3 is 1. The number of carbonyl (C=O) groups is 1. The molecule has 1 aromatic heterocycles. The van der Waals surface area contributed by atoms with Crippen molar-refractivity contribution >= 4 is 16.9 Å². The Morgan fingerprint density at radius 3 is 2.48 bits per heavy atom. The maximum Gasteiger partial charge on any atom is 0.337 e. The maximum atomic E-state index is 12.9. The summed E-state index contributed by atoms with van der Waals surface area (Å²) in [5.74, 6) is -0.533. The van der Waals surface area contributed by atoms with E-state index in [0.717, 1.165) is 4.57 Å². The lowest BCUT2D eigenvalue weighted by Gasteiger charge is -2.12. The quantitative estimate of drug-likeness (QED) is 0.637. The number of esters is 1. The molecule has 0 unspecified atom stereocenters. The van der Waals surface area contributed by atoms with Gasteiger partial charge in [-0.1, -0.05) is 0 Å². The molecule has 0 aliphatic heterocycles. The average Bonchev–Trinajstić information content (AvgIpc) is 2.69. The average molecular weight is 372 g/mol. The van der Waals surface area contributed by atoms with E-state index in [1.54, 1.807) is 7.05 Å². The predicted octanol–water partition coefficient (Wildman–Crippen LogP) is 1.70. The third-order valence-electron chi connectivity index (χ3n) is 4.17.